The summed E-state index contributed by atoms with van der Waals surface area (Å²) in [4.78, 5) is 17.5. The van der Waals surface area contributed by atoms with Gasteiger partial charge in [-0.05, 0) is 27.6 Å². The van der Waals surface area contributed by atoms with Crippen LogP contribution in [0.15, 0.2) is 35.1 Å². The van der Waals surface area contributed by atoms with Crippen LogP contribution < -0.4 is 5.32 Å². The highest BCUT2D eigenvalue weighted by atomic mass is 79.9. The molecule has 1 unspecified atom stereocenters. The minimum absolute atomic E-state index is 0. The van der Waals surface area contributed by atoms with E-state index in [1.54, 1.807) is 18.3 Å². The predicted octanol–water partition coefficient (Wildman–Crippen LogP) is 2.66. The quantitative estimate of drug-likeness (QED) is 0.612. The number of nitro benzene ring substituents is 1. The van der Waals surface area contributed by atoms with Gasteiger partial charge in [-0.3, -0.25) is 15.0 Å². The second-order valence-corrected chi connectivity index (χ2v) is 6.48. The third kappa shape index (κ3) is 3.94. The largest absolute Gasteiger partial charge is 0.337 e. The summed E-state index contributed by atoms with van der Waals surface area (Å²) in [6.45, 7) is 3.26. The molecule has 3 rings (SSSR count). The van der Waals surface area contributed by atoms with Gasteiger partial charge in [0.2, 0.25) is 0 Å². The Morgan fingerprint density at radius 1 is 1.50 bits per heavy atom. The molecule has 0 radical (unpaired) electrons. The molecule has 0 aliphatic carbocycles. The second-order valence-electron chi connectivity index (χ2n) is 5.63. The molecule has 7 nitrogen and oxygen atoms in total. The first-order valence-corrected chi connectivity index (χ1v) is 8.20. The lowest BCUT2D eigenvalue weighted by atomic mass is 10.1. The summed E-state index contributed by atoms with van der Waals surface area (Å²) >= 11 is 3.23. The average molecular weight is 417 g/mol. The van der Waals surface area contributed by atoms with Crippen LogP contribution in [0, 0.1) is 10.1 Å². The van der Waals surface area contributed by atoms with E-state index in [0.29, 0.717) is 11.0 Å². The highest BCUT2D eigenvalue weighted by Crippen LogP contribution is 2.28. The summed E-state index contributed by atoms with van der Waals surface area (Å²) in [5.41, 5.74) is 1.03. The van der Waals surface area contributed by atoms with Crippen LogP contribution in [-0.4, -0.2) is 39.0 Å². The van der Waals surface area contributed by atoms with Crippen molar-refractivity contribution in [3.05, 3.63) is 56.6 Å². The number of nitrogens with one attached hydrogen (secondary N) is 1. The van der Waals surface area contributed by atoms with Crippen LogP contribution >= 0.6 is 28.3 Å². The van der Waals surface area contributed by atoms with Gasteiger partial charge in [0.05, 0.1) is 15.4 Å². The minimum Gasteiger partial charge on any atom is -0.337 e. The Bertz CT molecular complexity index is 724. The van der Waals surface area contributed by atoms with E-state index in [1.807, 2.05) is 23.9 Å². The van der Waals surface area contributed by atoms with Crippen molar-refractivity contribution < 1.29 is 4.92 Å². The maximum Gasteiger partial charge on any atom is 0.283 e. The normalized spacial score (nSPS) is 18.2. The average Bonchev–Trinajstić information content (AvgIpc) is 2.95. The maximum absolute atomic E-state index is 11.1. The van der Waals surface area contributed by atoms with Crippen molar-refractivity contribution in [2.45, 2.75) is 12.6 Å². The number of imidazole rings is 1. The van der Waals surface area contributed by atoms with Gasteiger partial charge in [-0.1, -0.05) is 6.07 Å². The topological polar surface area (TPSA) is 76.2 Å². The summed E-state index contributed by atoms with van der Waals surface area (Å²) in [6, 6.07) is 5.47. The number of benzene rings is 1. The monoisotopic (exact) mass is 415 g/mol. The van der Waals surface area contributed by atoms with Gasteiger partial charge >= 0.3 is 0 Å². The summed E-state index contributed by atoms with van der Waals surface area (Å²) in [5.74, 6) is 1.00. The molecular formula is C15H19BrClN5O2. The lowest BCUT2D eigenvalue weighted by molar-refractivity contribution is -0.385. The first kappa shape index (κ1) is 18.9. The van der Waals surface area contributed by atoms with Gasteiger partial charge in [0.1, 0.15) is 5.82 Å². The zero-order chi connectivity index (χ0) is 16.4. The molecule has 1 aliphatic rings. The fourth-order valence-corrected chi connectivity index (χ4v) is 3.31. The maximum atomic E-state index is 11.1. The summed E-state index contributed by atoms with van der Waals surface area (Å²) < 4.78 is 2.53. The molecule has 1 aliphatic heterocycles. The number of nitro groups is 1. The van der Waals surface area contributed by atoms with Gasteiger partial charge in [-0.2, -0.15) is 0 Å². The molecule has 0 bridgehead atoms. The Kier molecular flexibility index (Phi) is 6.34. The molecule has 1 atom stereocenters. The molecular weight excluding hydrogens is 398 g/mol. The molecule has 24 heavy (non-hydrogen) atoms. The number of halogens is 2. The number of rotatable bonds is 4. The zero-order valence-corrected chi connectivity index (χ0v) is 15.6. The van der Waals surface area contributed by atoms with E-state index in [-0.39, 0.29) is 29.1 Å². The molecule has 2 aromatic rings. The molecule has 1 fully saturated rings. The lowest BCUT2D eigenvalue weighted by Crippen LogP contribution is -2.46. The van der Waals surface area contributed by atoms with Crippen LogP contribution in [0.4, 0.5) is 5.69 Å². The number of aryl methyl sites for hydroxylation is 1. The smallest absolute Gasteiger partial charge is 0.283 e. The van der Waals surface area contributed by atoms with Crippen molar-refractivity contribution in [1.29, 1.82) is 0 Å². The van der Waals surface area contributed by atoms with Crippen molar-refractivity contribution in [1.82, 2.24) is 19.8 Å². The third-order valence-corrected chi connectivity index (χ3v) is 4.77. The summed E-state index contributed by atoms with van der Waals surface area (Å²) in [6.07, 6.45) is 3.74. The van der Waals surface area contributed by atoms with E-state index < -0.39 is 0 Å². The van der Waals surface area contributed by atoms with Crippen molar-refractivity contribution in [3.8, 4) is 0 Å². The van der Waals surface area contributed by atoms with Crippen molar-refractivity contribution in [2.75, 3.05) is 19.6 Å². The Hall–Kier alpha value is -1.48. The first-order valence-electron chi connectivity index (χ1n) is 7.41. The lowest BCUT2D eigenvalue weighted by Gasteiger charge is -2.35. The number of piperazine rings is 1. The van der Waals surface area contributed by atoms with Crippen molar-refractivity contribution >= 4 is 34.0 Å². The SMILES string of the molecule is Cl.Cn1ccnc1C1CNCCN1Cc1ccc(Br)c([N+](=O)[O-])c1. The van der Waals surface area contributed by atoms with E-state index in [1.165, 1.54) is 0 Å². The van der Waals surface area contributed by atoms with Gasteiger partial charge in [0.15, 0.2) is 0 Å². The van der Waals surface area contributed by atoms with E-state index >= 15 is 0 Å². The van der Waals surface area contributed by atoms with Crippen molar-refractivity contribution in [2.24, 2.45) is 7.05 Å². The van der Waals surface area contributed by atoms with Crippen LogP contribution in [0.5, 0.6) is 0 Å². The molecule has 1 saturated heterocycles. The summed E-state index contributed by atoms with van der Waals surface area (Å²) in [7, 11) is 1.99. The Morgan fingerprint density at radius 2 is 2.29 bits per heavy atom. The van der Waals surface area contributed by atoms with Gasteiger partial charge in [-0.25, -0.2) is 4.98 Å². The molecule has 1 aromatic carbocycles. The fourth-order valence-electron chi connectivity index (χ4n) is 2.92. The first-order chi connectivity index (χ1) is 11.1. The minimum atomic E-state index is -0.360. The van der Waals surface area contributed by atoms with E-state index in [4.69, 9.17) is 0 Å². The van der Waals surface area contributed by atoms with E-state index in [2.05, 4.69) is 31.1 Å². The van der Waals surface area contributed by atoms with Gasteiger partial charge in [0, 0.05) is 51.7 Å². The second kappa shape index (κ2) is 8.06. The highest BCUT2D eigenvalue weighted by Gasteiger charge is 2.27. The van der Waals surface area contributed by atoms with Crippen LogP contribution in [0.3, 0.4) is 0 Å². The molecule has 130 valence electrons. The molecule has 9 heteroatoms. The van der Waals surface area contributed by atoms with Crippen LogP contribution in [0.25, 0.3) is 0 Å². The van der Waals surface area contributed by atoms with E-state index in [9.17, 15) is 10.1 Å². The molecule has 0 amide bonds. The van der Waals surface area contributed by atoms with Crippen molar-refractivity contribution in [3.63, 3.8) is 0 Å². The number of hydrogen-bond donors (Lipinski definition) is 1. The Labute approximate surface area is 154 Å². The van der Waals surface area contributed by atoms with Crippen LogP contribution in [0.1, 0.15) is 17.4 Å². The Morgan fingerprint density at radius 3 is 2.96 bits per heavy atom. The molecule has 0 saturated carbocycles. The Balaban J connectivity index is 0.00000208. The standard InChI is InChI=1S/C15H18BrN5O2.ClH/c1-19-6-5-18-15(19)14-9-17-4-7-20(14)10-11-2-3-12(16)13(8-11)21(22)23;/h2-3,5-6,8,14,17H,4,7,9-10H2,1H3;1H. The molecule has 0 spiro atoms. The number of nitrogens with zero attached hydrogens (tertiary/aromatic N) is 4. The molecule has 1 aromatic heterocycles. The van der Waals surface area contributed by atoms with Gasteiger partial charge in [0.25, 0.3) is 5.69 Å². The molecule has 1 N–H and O–H groups in total. The highest BCUT2D eigenvalue weighted by molar-refractivity contribution is 9.10. The van der Waals surface area contributed by atoms with E-state index in [0.717, 1.165) is 31.0 Å². The summed E-state index contributed by atoms with van der Waals surface area (Å²) in [5, 5.41) is 14.5. The zero-order valence-electron chi connectivity index (χ0n) is 13.2. The molecule has 2 heterocycles. The van der Waals surface area contributed by atoms with Crippen LogP contribution in [-0.2, 0) is 13.6 Å². The number of hydrogen-bond acceptors (Lipinski definition) is 5. The van der Waals surface area contributed by atoms with Gasteiger partial charge < -0.3 is 9.88 Å². The predicted molar refractivity (Wildman–Crippen MR) is 97.3 cm³/mol. The van der Waals surface area contributed by atoms with Gasteiger partial charge in [-0.15, -0.1) is 12.4 Å². The fraction of sp³-hybridized carbons (Fsp3) is 0.400. The third-order valence-electron chi connectivity index (χ3n) is 4.10. The number of aromatic nitrogens is 2. The van der Waals surface area contributed by atoms with Crippen LogP contribution in [0.2, 0.25) is 0 Å².